The number of rotatable bonds is 3. The second-order valence-corrected chi connectivity index (χ2v) is 3.63. The Morgan fingerprint density at radius 2 is 2.21 bits per heavy atom. The van der Waals surface area contributed by atoms with Crippen LogP contribution in [-0.2, 0) is 14.3 Å². The van der Waals surface area contributed by atoms with Gasteiger partial charge in [-0.1, -0.05) is 12.2 Å². The molecule has 1 rings (SSSR count). The van der Waals surface area contributed by atoms with E-state index in [0.29, 0.717) is 0 Å². The Hall–Kier alpha value is -1.12. The second kappa shape index (κ2) is 4.94. The van der Waals surface area contributed by atoms with Crippen LogP contribution in [0.3, 0.4) is 0 Å². The summed E-state index contributed by atoms with van der Waals surface area (Å²) >= 11 is 0. The number of Topliss-reactive ketones (excluding diaryl/α,β-unsaturated/α-hetero) is 1. The van der Waals surface area contributed by atoms with Crippen LogP contribution in [0, 0.1) is 11.8 Å². The van der Waals surface area contributed by atoms with Crippen molar-refractivity contribution in [1.82, 2.24) is 0 Å². The van der Waals surface area contributed by atoms with Gasteiger partial charge in [-0.3, -0.25) is 9.59 Å². The van der Waals surface area contributed by atoms with Gasteiger partial charge in [-0.2, -0.15) is 0 Å². The molecule has 0 N–H and O–H groups in total. The van der Waals surface area contributed by atoms with Crippen LogP contribution in [-0.4, -0.2) is 18.9 Å². The number of ether oxygens (including phenoxy) is 1. The molecular weight excluding hydrogens is 180 g/mol. The van der Waals surface area contributed by atoms with E-state index in [4.69, 9.17) is 0 Å². The van der Waals surface area contributed by atoms with Crippen molar-refractivity contribution >= 4 is 11.8 Å². The van der Waals surface area contributed by atoms with Crippen molar-refractivity contribution < 1.29 is 14.3 Å². The Balaban J connectivity index is 2.76. The molecule has 2 atom stereocenters. The summed E-state index contributed by atoms with van der Waals surface area (Å²) in [6.45, 7) is 1.45. The molecule has 1 aliphatic rings. The van der Waals surface area contributed by atoms with Crippen LogP contribution < -0.4 is 0 Å². The third-order valence-electron chi connectivity index (χ3n) is 2.61. The molecule has 0 bridgehead atoms. The van der Waals surface area contributed by atoms with Gasteiger partial charge in [0.2, 0.25) is 0 Å². The van der Waals surface area contributed by atoms with E-state index < -0.39 is 11.9 Å². The Kier molecular flexibility index (Phi) is 3.86. The summed E-state index contributed by atoms with van der Waals surface area (Å²) in [5, 5.41) is 0. The highest BCUT2D eigenvalue weighted by atomic mass is 16.5. The molecule has 0 aromatic heterocycles. The normalized spacial score (nSPS) is 22.9. The number of hydrogen-bond donors (Lipinski definition) is 0. The molecule has 3 heteroatoms. The third-order valence-corrected chi connectivity index (χ3v) is 2.61. The molecule has 0 aromatic carbocycles. The van der Waals surface area contributed by atoms with Crippen molar-refractivity contribution in [3.63, 3.8) is 0 Å². The van der Waals surface area contributed by atoms with E-state index in [1.165, 1.54) is 14.0 Å². The number of allylic oxidation sites excluding steroid dienone is 2. The van der Waals surface area contributed by atoms with Gasteiger partial charge in [0.25, 0.3) is 0 Å². The maximum absolute atomic E-state index is 11.4. The van der Waals surface area contributed by atoms with E-state index >= 15 is 0 Å². The van der Waals surface area contributed by atoms with Gasteiger partial charge in [0.15, 0.2) is 0 Å². The quantitative estimate of drug-likeness (QED) is 0.392. The smallest absolute Gasteiger partial charge is 0.316 e. The highest BCUT2D eigenvalue weighted by Gasteiger charge is 2.31. The van der Waals surface area contributed by atoms with Crippen LogP contribution in [0.2, 0.25) is 0 Å². The Morgan fingerprint density at radius 3 is 2.64 bits per heavy atom. The monoisotopic (exact) mass is 196 g/mol. The molecule has 0 saturated heterocycles. The van der Waals surface area contributed by atoms with Gasteiger partial charge in [-0.15, -0.1) is 0 Å². The van der Waals surface area contributed by atoms with Gasteiger partial charge in [-0.25, -0.2) is 0 Å². The summed E-state index contributed by atoms with van der Waals surface area (Å²) in [6.07, 6.45) is 6.99. The highest BCUT2D eigenvalue weighted by molar-refractivity contribution is 5.98. The molecule has 1 aliphatic carbocycles. The fraction of sp³-hybridized carbons (Fsp3) is 0.636. The summed E-state index contributed by atoms with van der Waals surface area (Å²) in [7, 11) is 1.32. The van der Waals surface area contributed by atoms with Crippen molar-refractivity contribution in [2.75, 3.05) is 7.11 Å². The molecule has 0 spiro atoms. The minimum Gasteiger partial charge on any atom is -0.468 e. The van der Waals surface area contributed by atoms with Crippen molar-refractivity contribution in [3.05, 3.63) is 12.2 Å². The first-order chi connectivity index (χ1) is 6.66. The summed E-state index contributed by atoms with van der Waals surface area (Å²) in [5.41, 5.74) is 0. The van der Waals surface area contributed by atoms with E-state index in [1.54, 1.807) is 0 Å². The van der Waals surface area contributed by atoms with E-state index in [0.717, 1.165) is 19.3 Å². The number of hydrogen-bond acceptors (Lipinski definition) is 3. The predicted octanol–water partition coefficient (Wildman–Crippen LogP) is 1.72. The lowest BCUT2D eigenvalue weighted by Crippen LogP contribution is -2.30. The van der Waals surface area contributed by atoms with Crippen LogP contribution in [0.1, 0.15) is 26.2 Å². The number of carbonyl (C=O) groups excluding carboxylic acids is 2. The molecular formula is C11H16O3. The van der Waals surface area contributed by atoms with Crippen LogP contribution in [0.5, 0.6) is 0 Å². The fourth-order valence-electron chi connectivity index (χ4n) is 1.89. The zero-order valence-corrected chi connectivity index (χ0v) is 8.66. The Labute approximate surface area is 84.1 Å². The fourth-order valence-corrected chi connectivity index (χ4v) is 1.89. The van der Waals surface area contributed by atoms with E-state index in [1.807, 2.05) is 12.2 Å². The lowest BCUT2D eigenvalue weighted by Gasteiger charge is -2.22. The van der Waals surface area contributed by atoms with Crippen LogP contribution in [0.4, 0.5) is 0 Å². The van der Waals surface area contributed by atoms with Gasteiger partial charge in [0, 0.05) is 0 Å². The van der Waals surface area contributed by atoms with Gasteiger partial charge in [0.1, 0.15) is 11.7 Å². The van der Waals surface area contributed by atoms with Crippen molar-refractivity contribution in [1.29, 1.82) is 0 Å². The molecule has 0 aromatic rings. The van der Waals surface area contributed by atoms with Gasteiger partial charge in [-0.05, 0) is 32.1 Å². The summed E-state index contributed by atoms with van der Waals surface area (Å²) < 4.78 is 4.63. The topological polar surface area (TPSA) is 43.4 Å². The van der Waals surface area contributed by atoms with Gasteiger partial charge >= 0.3 is 5.97 Å². The number of methoxy groups -OCH3 is 1. The Morgan fingerprint density at radius 1 is 1.50 bits per heavy atom. The maximum Gasteiger partial charge on any atom is 0.316 e. The maximum atomic E-state index is 11.4. The van der Waals surface area contributed by atoms with Crippen molar-refractivity contribution in [2.24, 2.45) is 11.8 Å². The lowest BCUT2D eigenvalue weighted by atomic mass is 9.82. The second-order valence-electron chi connectivity index (χ2n) is 3.63. The SMILES string of the molecule is COC(=O)C(C(C)=O)[C@@H]1C=CCCC1. The average molecular weight is 196 g/mol. The number of esters is 1. The number of carbonyl (C=O) groups is 2. The van der Waals surface area contributed by atoms with Crippen LogP contribution in [0.25, 0.3) is 0 Å². The van der Waals surface area contributed by atoms with E-state index in [9.17, 15) is 9.59 Å². The zero-order valence-electron chi connectivity index (χ0n) is 8.66. The molecule has 78 valence electrons. The zero-order chi connectivity index (χ0) is 10.6. The van der Waals surface area contributed by atoms with Crippen molar-refractivity contribution in [3.8, 4) is 0 Å². The first kappa shape index (κ1) is 11.0. The largest absolute Gasteiger partial charge is 0.468 e. The molecule has 0 saturated carbocycles. The third kappa shape index (κ3) is 2.44. The molecule has 14 heavy (non-hydrogen) atoms. The lowest BCUT2D eigenvalue weighted by molar-refractivity contribution is -0.150. The van der Waals surface area contributed by atoms with Crippen LogP contribution >= 0.6 is 0 Å². The Bertz CT molecular complexity index is 255. The van der Waals surface area contributed by atoms with Gasteiger partial charge < -0.3 is 4.74 Å². The highest BCUT2D eigenvalue weighted by Crippen LogP contribution is 2.26. The first-order valence-electron chi connectivity index (χ1n) is 4.91. The van der Waals surface area contributed by atoms with E-state index in [2.05, 4.69) is 4.74 Å². The average Bonchev–Trinajstić information content (AvgIpc) is 2.19. The molecule has 1 unspecified atom stereocenters. The molecule has 0 amide bonds. The molecule has 0 fully saturated rings. The molecule has 0 aliphatic heterocycles. The summed E-state index contributed by atoms with van der Waals surface area (Å²) in [6, 6.07) is 0. The predicted molar refractivity (Wildman–Crippen MR) is 52.7 cm³/mol. The standard InChI is InChI=1S/C11H16O3/c1-8(12)10(11(13)14-2)9-6-4-3-5-7-9/h4,6,9-10H,3,5,7H2,1-2H3/t9-,10?/m1/s1. The van der Waals surface area contributed by atoms with Crippen LogP contribution in [0.15, 0.2) is 12.2 Å². The summed E-state index contributed by atoms with van der Waals surface area (Å²) in [5.74, 6) is -1.08. The first-order valence-corrected chi connectivity index (χ1v) is 4.91. The summed E-state index contributed by atoms with van der Waals surface area (Å²) in [4.78, 5) is 22.7. The van der Waals surface area contributed by atoms with Crippen molar-refractivity contribution in [2.45, 2.75) is 26.2 Å². The number of ketones is 1. The molecule has 0 heterocycles. The van der Waals surface area contributed by atoms with Gasteiger partial charge in [0.05, 0.1) is 7.11 Å². The molecule has 3 nitrogen and oxygen atoms in total. The van der Waals surface area contributed by atoms with E-state index in [-0.39, 0.29) is 11.7 Å². The minimum atomic E-state index is -0.600. The minimum absolute atomic E-state index is 0.0358. The molecule has 0 radical (unpaired) electrons.